The lowest BCUT2D eigenvalue weighted by molar-refractivity contribution is 0.0984. The number of rotatable bonds is 3. The second-order valence-corrected chi connectivity index (χ2v) is 6.70. The zero-order valence-corrected chi connectivity index (χ0v) is 12.8. The van der Waals surface area contributed by atoms with Crippen LogP contribution in [-0.2, 0) is 19.3 Å². The molecule has 1 atom stereocenters. The Bertz CT molecular complexity index is 977. The molecule has 0 amide bonds. The summed E-state index contributed by atoms with van der Waals surface area (Å²) < 4.78 is 42.5. The van der Waals surface area contributed by atoms with Crippen molar-refractivity contribution in [2.24, 2.45) is 5.92 Å². The van der Waals surface area contributed by atoms with Gasteiger partial charge in [0.25, 0.3) is 5.92 Å². The van der Waals surface area contributed by atoms with Gasteiger partial charge in [0.2, 0.25) is 0 Å². The van der Waals surface area contributed by atoms with E-state index in [9.17, 15) is 13.2 Å². The van der Waals surface area contributed by atoms with Crippen molar-refractivity contribution in [3.8, 4) is 11.1 Å². The summed E-state index contributed by atoms with van der Waals surface area (Å²) in [5.41, 5.74) is 3.94. The summed E-state index contributed by atoms with van der Waals surface area (Å²) in [6.45, 7) is 0. The molecule has 2 aromatic heterocycles. The number of alkyl halides is 2. The molecule has 24 heavy (non-hydrogen) atoms. The lowest BCUT2D eigenvalue weighted by atomic mass is 9.86. The zero-order chi connectivity index (χ0) is 16.5. The molecular formula is C18H14F3N3. The van der Waals surface area contributed by atoms with Crippen LogP contribution in [0.3, 0.4) is 0 Å². The second kappa shape index (κ2) is 4.59. The third-order valence-corrected chi connectivity index (χ3v) is 5.16. The number of benzene rings is 1. The van der Waals surface area contributed by atoms with E-state index >= 15 is 0 Å². The van der Waals surface area contributed by atoms with Crippen LogP contribution in [0, 0.1) is 11.7 Å². The molecule has 6 heteroatoms. The highest BCUT2D eigenvalue weighted by molar-refractivity contribution is 5.70. The highest BCUT2D eigenvalue weighted by Gasteiger charge is 2.56. The molecule has 0 bridgehead atoms. The molecule has 1 fully saturated rings. The van der Waals surface area contributed by atoms with Crippen LogP contribution in [0.4, 0.5) is 13.2 Å². The molecule has 0 N–H and O–H groups in total. The molecule has 5 rings (SSSR count). The molecule has 0 saturated heterocycles. The summed E-state index contributed by atoms with van der Waals surface area (Å²) in [5, 5.41) is 7.80. The van der Waals surface area contributed by atoms with Crippen molar-refractivity contribution in [2.75, 3.05) is 0 Å². The topological polar surface area (TPSA) is 30.2 Å². The number of fused-ring (bicyclic) bond motifs is 2. The van der Waals surface area contributed by atoms with E-state index in [1.165, 1.54) is 15.5 Å². The molecule has 3 aromatic rings. The van der Waals surface area contributed by atoms with E-state index in [0.717, 1.165) is 18.4 Å². The molecular weight excluding hydrogens is 315 g/mol. The fourth-order valence-corrected chi connectivity index (χ4v) is 3.41. The Hall–Kier alpha value is -2.37. The van der Waals surface area contributed by atoms with E-state index < -0.39 is 17.7 Å². The molecule has 1 saturated carbocycles. The van der Waals surface area contributed by atoms with Crippen molar-refractivity contribution >= 4 is 5.65 Å². The summed E-state index contributed by atoms with van der Waals surface area (Å²) in [7, 11) is 0. The minimum Gasteiger partial charge on any atom is -0.284 e. The van der Waals surface area contributed by atoms with Gasteiger partial charge in [-0.2, -0.15) is 0 Å². The fraction of sp³-hybridized carbons (Fsp3) is 0.333. The van der Waals surface area contributed by atoms with Crippen molar-refractivity contribution in [1.82, 2.24) is 14.6 Å². The molecule has 1 unspecified atom stereocenters. The number of hydrogen-bond donors (Lipinski definition) is 0. The zero-order valence-electron chi connectivity index (χ0n) is 12.8. The number of pyridine rings is 1. The Balaban J connectivity index is 1.55. The van der Waals surface area contributed by atoms with Gasteiger partial charge < -0.3 is 0 Å². The summed E-state index contributed by atoms with van der Waals surface area (Å²) >= 11 is 0. The second-order valence-electron chi connectivity index (χ2n) is 6.70. The Kier molecular flexibility index (Phi) is 2.68. The molecule has 2 heterocycles. The highest BCUT2D eigenvalue weighted by Crippen LogP contribution is 2.50. The van der Waals surface area contributed by atoms with Crippen LogP contribution in [-0.4, -0.2) is 20.5 Å². The van der Waals surface area contributed by atoms with Crippen molar-refractivity contribution in [2.45, 2.75) is 31.6 Å². The lowest BCUT2D eigenvalue weighted by Crippen LogP contribution is -2.07. The highest BCUT2D eigenvalue weighted by atomic mass is 19.3. The van der Waals surface area contributed by atoms with E-state index in [-0.39, 0.29) is 18.5 Å². The number of nitrogens with zero attached hydrogens (tertiary/aromatic N) is 3. The Morgan fingerprint density at radius 2 is 1.92 bits per heavy atom. The average Bonchev–Trinajstić information content (AvgIpc) is 2.92. The monoisotopic (exact) mass is 329 g/mol. The van der Waals surface area contributed by atoms with E-state index in [0.29, 0.717) is 11.4 Å². The van der Waals surface area contributed by atoms with Crippen LogP contribution in [0.25, 0.3) is 16.8 Å². The standard InChI is InChI=1S/C18H14F3N3/c19-16-14(12-4-2-10-1-3-11(10)7-12)5-6-24-15(22-23-17(16)24)8-13-9-18(13,20)21/h2,4-7,13H,1,3,8-9H2. The quantitative estimate of drug-likeness (QED) is 0.731. The molecule has 2 aliphatic carbocycles. The van der Waals surface area contributed by atoms with Crippen LogP contribution in [0.2, 0.25) is 0 Å². The Morgan fingerprint density at radius 3 is 2.58 bits per heavy atom. The fourth-order valence-electron chi connectivity index (χ4n) is 3.41. The maximum Gasteiger partial charge on any atom is 0.252 e. The summed E-state index contributed by atoms with van der Waals surface area (Å²) in [6, 6.07) is 7.62. The molecule has 3 nitrogen and oxygen atoms in total. The predicted molar refractivity (Wildman–Crippen MR) is 82.5 cm³/mol. The van der Waals surface area contributed by atoms with Crippen molar-refractivity contribution in [1.29, 1.82) is 0 Å². The first-order valence-corrected chi connectivity index (χ1v) is 8.05. The van der Waals surface area contributed by atoms with Gasteiger partial charge in [0.05, 0.1) is 0 Å². The first kappa shape index (κ1) is 14.0. The number of aryl methyl sites for hydroxylation is 2. The Morgan fingerprint density at radius 1 is 1.12 bits per heavy atom. The van der Waals surface area contributed by atoms with Crippen molar-refractivity contribution in [3.05, 3.63) is 53.2 Å². The van der Waals surface area contributed by atoms with E-state index in [2.05, 4.69) is 10.2 Å². The van der Waals surface area contributed by atoms with Gasteiger partial charge in [-0.05, 0) is 35.6 Å². The number of hydrogen-bond acceptors (Lipinski definition) is 2. The van der Waals surface area contributed by atoms with Crippen LogP contribution >= 0.6 is 0 Å². The van der Waals surface area contributed by atoms with Crippen LogP contribution < -0.4 is 0 Å². The van der Waals surface area contributed by atoms with Gasteiger partial charge in [-0.1, -0.05) is 18.2 Å². The normalized spacial score (nSPS) is 20.7. The third-order valence-electron chi connectivity index (χ3n) is 5.16. The molecule has 1 aromatic carbocycles. The van der Waals surface area contributed by atoms with Crippen LogP contribution in [0.1, 0.15) is 23.4 Å². The maximum atomic E-state index is 14.9. The van der Waals surface area contributed by atoms with Crippen LogP contribution in [0.15, 0.2) is 30.5 Å². The van der Waals surface area contributed by atoms with Gasteiger partial charge in [-0.25, -0.2) is 13.2 Å². The van der Waals surface area contributed by atoms with Gasteiger partial charge >= 0.3 is 0 Å². The van der Waals surface area contributed by atoms with Crippen LogP contribution in [0.5, 0.6) is 0 Å². The molecule has 0 radical (unpaired) electrons. The SMILES string of the molecule is Fc1c(-c2ccc3c(c2)CC3)ccn2c(CC3CC3(F)F)nnc12. The molecule has 122 valence electrons. The summed E-state index contributed by atoms with van der Waals surface area (Å²) in [6.07, 6.45) is 3.76. The van der Waals surface area contributed by atoms with Gasteiger partial charge in [-0.3, -0.25) is 4.40 Å². The maximum absolute atomic E-state index is 14.9. The number of halogens is 3. The minimum atomic E-state index is -2.61. The minimum absolute atomic E-state index is 0.0918. The van der Waals surface area contributed by atoms with Gasteiger partial charge in [-0.15, -0.1) is 10.2 Å². The predicted octanol–water partition coefficient (Wildman–Crippen LogP) is 3.83. The van der Waals surface area contributed by atoms with Crippen molar-refractivity contribution in [3.63, 3.8) is 0 Å². The van der Waals surface area contributed by atoms with E-state index in [1.807, 2.05) is 18.2 Å². The summed E-state index contributed by atoms with van der Waals surface area (Å²) in [4.78, 5) is 0. The lowest BCUT2D eigenvalue weighted by Gasteiger charge is -2.19. The van der Waals surface area contributed by atoms with E-state index in [1.54, 1.807) is 12.3 Å². The molecule has 2 aliphatic rings. The first-order valence-electron chi connectivity index (χ1n) is 8.05. The largest absolute Gasteiger partial charge is 0.284 e. The number of aromatic nitrogens is 3. The van der Waals surface area contributed by atoms with Gasteiger partial charge in [0.15, 0.2) is 11.5 Å². The van der Waals surface area contributed by atoms with E-state index in [4.69, 9.17) is 0 Å². The first-order chi connectivity index (χ1) is 11.5. The molecule has 0 spiro atoms. The summed E-state index contributed by atoms with van der Waals surface area (Å²) in [5.74, 6) is -3.40. The van der Waals surface area contributed by atoms with Gasteiger partial charge in [0, 0.05) is 30.5 Å². The van der Waals surface area contributed by atoms with Crippen molar-refractivity contribution < 1.29 is 13.2 Å². The average molecular weight is 329 g/mol. The Labute approximate surface area is 136 Å². The van der Waals surface area contributed by atoms with Gasteiger partial charge in [0.1, 0.15) is 5.82 Å². The smallest absolute Gasteiger partial charge is 0.252 e. The third kappa shape index (κ3) is 1.98. The molecule has 0 aliphatic heterocycles.